The topological polar surface area (TPSA) is 66.5 Å². The molecule has 156 valence electrons. The van der Waals surface area contributed by atoms with Gasteiger partial charge in [0.1, 0.15) is 12.4 Å². The van der Waals surface area contributed by atoms with Gasteiger partial charge in [0.2, 0.25) is 10.0 Å². The molecule has 0 aromatic heterocycles. The smallest absolute Gasteiger partial charge is 0.343 e. The number of hydrogen-bond acceptors (Lipinski definition) is 3. The number of alkyl halides is 3. The largest absolute Gasteiger partial charge is 0.405 e. The number of sulfonamides is 1. The first-order valence-corrected chi connectivity index (χ1v) is 10.2. The summed E-state index contributed by atoms with van der Waals surface area (Å²) in [5.74, 6) is -1.47. The van der Waals surface area contributed by atoms with Crippen molar-refractivity contribution in [2.75, 3.05) is 6.54 Å². The minimum absolute atomic E-state index is 0.0970. The Morgan fingerprint density at radius 1 is 1.07 bits per heavy atom. The van der Waals surface area contributed by atoms with E-state index in [1.165, 1.54) is 22.5 Å². The van der Waals surface area contributed by atoms with Crippen molar-refractivity contribution in [3.8, 4) is 0 Å². The molecule has 1 amide bonds. The predicted octanol–water partition coefficient (Wildman–Crippen LogP) is 3.47. The Labute approximate surface area is 165 Å². The molecule has 2 aromatic rings. The third-order valence-electron chi connectivity index (χ3n) is 4.41. The van der Waals surface area contributed by atoms with Crippen LogP contribution in [0.1, 0.15) is 28.8 Å². The molecule has 0 unspecified atom stereocenters. The molecule has 10 heteroatoms. The lowest BCUT2D eigenvalue weighted by atomic mass is 10.2. The van der Waals surface area contributed by atoms with Crippen LogP contribution >= 0.6 is 0 Å². The first-order valence-electron chi connectivity index (χ1n) is 8.78. The number of carbonyl (C=O) groups excluding carboxylic acids is 1. The maximum absolute atomic E-state index is 14.0. The van der Waals surface area contributed by atoms with E-state index in [0.29, 0.717) is 12.8 Å². The molecule has 0 spiro atoms. The van der Waals surface area contributed by atoms with Gasteiger partial charge in [-0.1, -0.05) is 18.2 Å². The maximum atomic E-state index is 14.0. The fraction of sp³-hybridized carbons (Fsp3) is 0.316. The predicted molar refractivity (Wildman–Crippen MR) is 97.0 cm³/mol. The van der Waals surface area contributed by atoms with Crippen LogP contribution in [0.25, 0.3) is 0 Å². The third-order valence-corrected chi connectivity index (χ3v) is 6.32. The molecule has 0 aliphatic heterocycles. The Hall–Kier alpha value is -2.46. The summed E-state index contributed by atoms with van der Waals surface area (Å²) >= 11 is 0. The van der Waals surface area contributed by atoms with E-state index in [9.17, 15) is 30.8 Å². The van der Waals surface area contributed by atoms with E-state index in [4.69, 9.17) is 0 Å². The number of benzene rings is 2. The van der Waals surface area contributed by atoms with E-state index in [2.05, 4.69) is 0 Å². The molecule has 1 N–H and O–H groups in total. The van der Waals surface area contributed by atoms with Crippen molar-refractivity contribution < 1.29 is 30.8 Å². The van der Waals surface area contributed by atoms with Gasteiger partial charge < -0.3 is 5.32 Å². The highest BCUT2D eigenvalue weighted by Gasteiger charge is 2.38. The Morgan fingerprint density at radius 2 is 1.69 bits per heavy atom. The van der Waals surface area contributed by atoms with E-state index >= 15 is 0 Å². The Bertz CT molecular complexity index is 987. The molecular formula is C19H18F4N2O3S. The van der Waals surface area contributed by atoms with Crippen LogP contribution in [0.5, 0.6) is 0 Å². The number of rotatable bonds is 7. The van der Waals surface area contributed by atoms with Gasteiger partial charge in [0.05, 0.1) is 4.90 Å². The van der Waals surface area contributed by atoms with Crippen LogP contribution in [-0.2, 0) is 16.6 Å². The second-order valence-electron chi connectivity index (χ2n) is 6.70. The van der Waals surface area contributed by atoms with E-state index in [1.54, 1.807) is 11.4 Å². The first-order chi connectivity index (χ1) is 13.6. The van der Waals surface area contributed by atoms with Gasteiger partial charge in [-0.3, -0.25) is 4.79 Å². The van der Waals surface area contributed by atoms with E-state index in [0.717, 1.165) is 24.3 Å². The highest BCUT2D eigenvalue weighted by molar-refractivity contribution is 7.89. The highest BCUT2D eigenvalue weighted by atomic mass is 32.2. The van der Waals surface area contributed by atoms with Crippen LogP contribution in [0.3, 0.4) is 0 Å². The second kappa shape index (κ2) is 8.11. The summed E-state index contributed by atoms with van der Waals surface area (Å²) in [4.78, 5) is 11.7. The molecule has 29 heavy (non-hydrogen) atoms. The number of nitrogens with one attached hydrogen (secondary N) is 1. The molecular weight excluding hydrogens is 412 g/mol. The molecule has 1 aliphatic rings. The summed E-state index contributed by atoms with van der Waals surface area (Å²) in [5, 5.41) is 1.72. The minimum atomic E-state index is -4.55. The molecule has 1 fully saturated rings. The number of carbonyl (C=O) groups is 1. The van der Waals surface area contributed by atoms with Gasteiger partial charge in [-0.15, -0.1) is 0 Å². The molecule has 2 aromatic carbocycles. The molecule has 0 saturated heterocycles. The van der Waals surface area contributed by atoms with Gasteiger partial charge in [-0.25, -0.2) is 12.8 Å². The number of hydrogen-bond donors (Lipinski definition) is 1. The zero-order valence-corrected chi connectivity index (χ0v) is 15.9. The normalized spacial score (nSPS) is 14.8. The summed E-state index contributed by atoms with van der Waals surface area (Å²) in [6.45, 7) is -1.61. The zero-order valence-electron chi connectivity index (χ0n) is 15.1. The second-order valence-corrected chi connectivity index (χ2v) is 8.59. The average Bonchev–Trinajstić information content (AvgIpc) is 3.49. The Balaban J connectivity index is 1.78. The first kappa shape index (κ1) is 21.3. The van der Waals surface area contributed by atoms with E-state index < -0.39 is 34.5 Å². The summed E-state index contributed by atoms with van der Waals surface area (Å²) in [5.41, 5.74) is 0.145. The summed E-state index contributed by atoms with van der Waals surface area (Å²) in [6.07, 6.45) is -3.23. The highest BCUT2D eigenvalue weighted by Crippen LogP contribution is 2.34. The van der Waals surface area contributed by atoms with E-state index in [1.807, 2.05) is 0 Å². The Morgan fingerprint density at radius 3 is 2.24 bits per heavy atom. The summed E-state index contributed by atoms with van der Waals surface area (Å²) in [6, 6.07) is 10.3. The number of nitrogens with zero attached hydrogens (tertiary/aromatic N) is 1. The van der Waals surface area contributed by atoms with Crippen LogP contribution in [-0.4, -0.2) is 37.4 Å². The molecule has 5 nitrogen and oxygen atoms in total. The van der Waals surface area contributed by atoms with Crippen LogP contribution in [0.2, 0.25) is 0 Å². The monoisotopic (exact) mass is 430 g/mol. The van der Waals surface area contributed by atoms with Crippen molar-refractivity contribution >= 4 is 15.9 Å². The standard InChI is InChI=1S/C19H18F4N2O3S/c20-17-4-2-1-3-14(17)11-25(15-7-8-15)29(27,28)16-9-5-13(6-10-16)18(26)24-12-19(21,22)23/h1-6,9-10,15H,7-8,11-12H2,(H,24,26). The molecule has 1 aliphatic carbocycles. The Kier molecular flexibility index (Phi) is 5.95. The van der Waals surface area contributed by atoms with Gasteiger partial charge in [0.15, 0.2) is 0 Å². The molecule has 1 saturated carbocycles. The lowest BCUT2D eigenvalue weighted by Crippen LogP contribution is -2.34. The van der Waals surface area contributed by atoms with Crippen LogP contribution in [0, 0.1) is 5.82 Å². The third kappa shape index (κ3) is 5.33. The van der Waals surface area contributed by atoms with Crippen molar-refractivity contribution in [2.24, 2.45) is 0 Å². The quantitative estimate of drug-likeness (QED) is 0.684. The molecule has 3 rings (SSSR count). The van der Waals surface area contributed by atoms with Crippen LogP contribution in [0.15, 0.2) is 53.4 Å². The SMILES string of the molecule is O=C(NCC(F)(F)F)c1ccc(S(=O)(=O)N(Cc2ccccc2F)C2CC2)cc1. The van der Waals surface area contributed by atoms with Crippen molar-refractivity contribution in [3.05, 3.63) is 65.5 Å². The number of amides is 1. The van der Waals surface area contributed by atoms with Crippen molar-refractivity contribution in [1.29, 1.82) is 0 Å². The van der Waals surface area contributed by atoms with Crippen molar-refractivity contribution in [3.63, 3.8) is 0 Å². The lowest BCUT2D eigenvalue weighted by Gasteiger charge is -2.22. The van der Waals surface area contributed by atoms with E-state index in [-0.39, 0.29) is 28.6 Å². The maximum Gasteiger partial charge on any atom is 0.405 e. The van der Waals surface area contributed by atoms with Crippen molar-refractivity contribution in [2.45, 2.75) is 36.5 Å². The van der Waals surface area contributed by atoms with Crippen LogP contribution in [0.4, 0.5) is 17.6 Å². The minimum Gasteiger partial charge on any atom is -0.343 e. The molecule has 0 radical (unpaired) electrons. The summed E-state index contributed by atoms with van der Waals surface area (Å²) in [7, 11) is -3.98. The fourth-order valence-corrected chi connectivity index (χ4v) is 4.43. The van der Waals surface area contributed by atoms with Gasteiger partial charge >= 0.3 is 6.18 Å². The van der Waals surface area contributed by atoms with Gasteiger partial charge in [-0.05, 0) is 43.2 Å². The van der Waals surface area contributed by atoms with Gasteiger partial charge in [0, 0.05) is 23.7 Å². The fourth-order valence-electron chi connectivity index (χ4n) is 2.76. The average molecular weight is 430 g/mol. The zero-order chi connectivity index (χ0) is 21.2. The molecule has 0 atom stereocenters. The summed E-state index contributed by atoms with van der Waals surface area (Å²) < 4.78 is 77.8. The lowest BCUT2D eigenvalue weighted by molar-refractivity contribution is -0.123. The van der Waals surface area contributed by atoms with Crippen molar-refractivity contribution in [1.82, 2.24) is 9.62 Å². The molecule has 0 bridgehead atoms. The van der Waals surface area contributed by atoms with Crippen LogP contribution < -0.4 is 5.32 Å². The molecule has 0 heterocycles. The van der Waals surface area contributed by atoms with Gasteiger partial charge in [-0.2, -0.15) is 17.5 Å². The number of halogens is 4. The van der Waals surface area contributed by atoms with Gasteiger partial charge in [0.25, 0.3) is 5.91 Å².